The van der Waals surface area contributed by atoms with Crippen LogP contribution in [-0.4, -0.2) is 29.2 Å². The van der Waals surface area contributed by atoms with Gasteiger partial charge in [0.15, 0.2) is 0 Å². The van der Waals surface area contributed by atoms with Crippen molar-refractivity contribution in [1.29, 1.82) is 0 Å². The lowest BCUT2D eigenvalue weighted by atomic mass is 9.81. The molecule has 0 bridgehead atoms. The maximum absolute atomic E-state index is 12.4. The van der Waals surface area contributed by atoms with Gasteiger partial charge in [-0.3, -0.25) is 19.3 Å². The standard InChI is InChI=1S/C21H21NO4/c23-19(12-22-20(24)17-10-3-4-11-18(17)21(22)25)26-13-15-8-5-7-14-6-1-2-9-16(14)15/h1-2,5-9,17-18H,3-4,10-13H2/t17-,18+. The molecule has 2 aromatic rings. The van der Waals surface area contributed by atoms with Crippen LogP contribution in [0.4, 0.5) is 0 Å². The summed E-state index contributed by atoms with van der Waals surface area (Å²) in [6, 6.07) is 13.7. The van der Waals surface area contributed by atoms with Gasteiger partial charge in [-0.1, -0.05) is 55.3 Å². The number of likely N-dealkylation sites (tertiary alicyclic amines) is 1. The van der Waals surface area contributed by atoms with Crippen molar-refractivity contribution in [2.75, 3.05) is 6.54 Å². The molecule has 4 rings (SSSR count). The molecule has 1 aliphatic carbocycles. The van der Waals surface area contributed by atoms with E-state index in [0.717, 1.165) is 46.9 Å². The van der Waals surface area contributed by atoms with Gasteiger partial charge in [0.25, 0.3) is 0 Å². The van der Waals surface area contributed by atoms with Crippen LogP contribution < -0.4 is 0 Å². The van der Waals surface area contributed by atoms with E-state index in [1.54, 1.807) is 0 Å². The fraction of sp³-hybridized carbons (Fsp3) is 0.381. The molecule has 2 amide bonds. The summed E-state index contributed by atoms with van der Waals surface area (Å²) in [5, 5.41) is 2.11. The van der Waals surface area contributed by atoms with Crippen molar-refractivity contribution < 1.29 is 19.1 Å². The first-order valence-corrected chi connectivity index (χ1v) is 9.12. The molecule has 1 saturated heterocycles. The van der Waals surface area contributed by atoms with Crippen molar-refractivity contribution in [1.82, 2.24) is 4.90 Å². The first-order chi connectivity index (χ1) is 12.6. The van der Waals surface area contributed by atoms with E-state index in [4.69, 9.17) is 4.74 Å². The summed E-state index contributed by atoms with van der Waals surface area (Å²) in [4.78, 5) is 38.2. The second kappa shape index (κ2) is 6.90. The van der Waals surface area contributed by atoms with Crippen LogP contribution in [-0.2, 0) is 25.7 Å². The molecule has 2 aliphatic rings. The molecule has 0 aromatic heterocycles. The van der Waals surface area contributed by atoms with Gasteiger partial charge in [-0.2, -0.15) is 0 Å². The molecule has 0 radical (unpaired) electrons. The Morgan fingerprint density at radius 1 is 0.962 bits per heavy atom. The number of amides is 2. The van der Waals surface area contributed by atoms with Crippen LogP contribution in [0.15, 0.2) is 42.5 Å². The lowest BCUT2D eigenvalue weighted by Gasteiger charge is -2.19. The fourth-order valence-electron chi connectivity index (χ4n) is 4.14. The fourth-order valence-corrected chi connectivity index (χ4v) is 4.14. The number of ether oxygens (including phenoxy) is 1. The van der Waals surface area contributed by atoms with Crippen LogP contribution in [0, 0.1) is 11.8 Å². The largest absolute Gasteiger partial charge is 0.459 e. The number of carbonyl (C=O) groups is 3. The smallest absolute Gasteiger partial charge is 0.326 e. The minimum Gasteiger partial charge on any atom is -0.459 e. The molecular formula is C21H21NO4. The molecule has 5 heteroatoms. The Bertz CT molecular complexity index is 846. The highest BCUT2D eigenvalue weighted by Gasteiger charge is 2.48. The quantitative estimate of drug-likeness (QED) is 0.627. The molecule has 2 aromatic carbocycles. The second-order valence-electron chi connectivity index (χ2n) is 7.06. The molecule has 1 aliphatic heterocycles. The molecule has 2 fully saturated rings. The van der Waals surface area contributed by atoms with Gasteiger partial charge >= 0.3 is 5.97 Å². The first-order valence-electron chi connectivity index (χ1n) is 9.12. The number of fused-ring (bicyclic) bond motifs is 2. The predicted octanol–water partition coefficient (Wildman–Crippen LogP) is 3.06. The third kappa shape index (κ3) is 2.98. The van der Waals surface area contributed by atoms with E-state index < -0.39 is 5.97 Å². The van der Waals surface area contributed by atoms with Crippen LogP contribution >= 0.6 is 0 Å². The lowest BCUT2D eigenvalue weighted by molar-refractivity contribution is -0.153. The highest BCUT2D eigenvalue weighted by molar-refractivity contribution is 6.07. The van der Waals surface area contributed by atoms with Gasteiger partial charge in [0.1, 0.15) is 13.2 Å². The molecule has 5 nitrogen and oxygen atoms in total. The highest BCUT2D eigenvalue weighted by Crippen LogP contribution is 2.37. The number of carbonyl (C=O) groups excluding carboxylic acids is 3. The molecule has 26 heavy (non-hydrogen) atoms. The van der Waals surface area contributed by atoms with Crippen LogP contribution in [0.1, 0.15) is 31.2 Å². The van der Waals surface area contributed by atoms with Crippen LogP contribution in [0.2, 0.25) is 0 Å². The van der Waals surface area contributed by atoms with Gasteiger partial charge < -0.3 is 4.74 Å². The van der Waals surface area contributed by atoms with Crippen LogP contribution in [0.5, 0.6) is 0 Å². The topological polar surface area (TPSA) is 63.7 Å². The van der Waals surface area contributed by atoms with Crippen molar-refractivity contribution in [3.63, 3.8) is 0 Å². The monoisotopic (exact) mass is 351 g/mol. The van der Waals surface area contributed by atoms with E-state index >= 15 is 0 Å². The first kappa shape index (κ1) is 16.8. The van der Waals surface area contributed by atoms with Crippen LogP contribution in [0.3, 0.4) is 0 Å². The molecule has 0 unspecified atom stereocenters. The van der Waals surface area contributed by atoms with E-state index in [9.17, 15) is 14.4 Å². The lowest BCUT2D eigenvalue weighted by Crippen LogP contribution is -2.36. The van der Waals surface area contributed by atoms with Gasteiger partial charge in [-0.05, 0) is 29.2 Å². The Hall–Kier alpha value is -2.69. The summed E-state index contributed by atoms with van der Waals surface area (Å²) < 4.78 is 5.36. The van der Waals surface area contributed by atoms with E-state index in [0.29, 0.717) is 0 Å². The Labute approximate surface area is 151 Å². The van der Waals surface area contributed by atoms with E-state index in [1.807, 2.05) is 42.5 Å². The van der Waals surface area contributed by atoms with Crippen molar-refractivity contribution in [3.8, 4) is 0 Å². The molecule has 0 spiro atoms. The number of benzene rings is 2. The molecule has 1 heterocycles. The minimum atomic E-state index is -0.543. The van der Waals surface area contributed by atoms with Crippen molar-refractivity contribution in [2.24, 2.45) is 11.8 Å². The Morgan fingerprint density at radius 2 is 1.62 bits per heavy atom. The Kier molecular flexibility index (Phi) is 4.45. The summed E-state index contributed by atoms with van der Waals surface area (Å²) in [5.74, 6) is -1.42. The zero-order chi connectivity index (χ0) is 18.1. The van der Waals surface area contributed by atoms with E-state index in [-0.39, 0.29) is 36.8 Å². The number of esters is 1. The molecular weight excluding hydrogens is 330 g/mol. The van der Waals surface area contributed by atoms with E-state index in [2.05, 4.69) is 0 Å². The Morgan fingerprint density at radius 3 is 2.35 bits per heavy atom. The van der Waals surface area contributed by atoms with Crippen LogP contribution in [0.25, 0.3) is 10.8 Å². The molecule has 1 saturated carbocycles. The molecule has 0 N–H and O–H groups in total. The average molecular weight is 351 g/mol. The zero-order valence-corrected chi connectivity index (χ0v) is 14.5. The second-order valence-corrected chi connectivity index (χ2v) is 7.06. The van der Waals surface area contributed by atoms with Gasteiger partial charge in [0.05, 0.1) is 11.8 Å². The summed E-state index contributed by atoms with van der Waals surface area (Å²) in [6.07, 6.45) is 3.44. The average Bonchev–Trinajstić information content (AvgIpc) is 2.91. The maximum atomic E-state index is 12.4. The SMILES string of the molecule is O=C(CN1C(=O)[C@H]2CCCC[C@H]2C1=O)OCc1cccc2ccccc12. The van der Waals surface area contributed by atoms with Crippen molar-refractivity contribution >= 4 is 28.6 Å². The number of nitrogens with zero attached hydrogens (tertiary/aromatic N) is 1. The normalized spacial score (nSPS) is 22.5. The third-order valence-electron chi connectivity index (χ3n) is 5.49. The summed E-state index contributed by atoms with van der Waals surface area (Å²) in [5.41, 5.74) is 0.907. The summed E-state index contributed by atoms with van der Waals surface area (Å²) in [6.45, 7) is -0.154. The number of hydrogen-bond donors (Lipinski definition) is 0. The number of hydrogen-bond acceptors (Lipinski definition) is 4. The Balaban J connectivity index is 1.41. The van der Waals surface area contributed by atoms with Crippen molar-refractivity contribution in [3.05, 3.63) is 48.0 Å². The van der Waals surface area contributed by atoms with E-state index in [1.165, 1.54) is 0 Å². The summed E-state index contributed by atoms with van der Waals surface area (Å²) >= 11 is 0. The van der Waals surface area contributed by atoms with Gasteiger partial charge in [-0.15, -0.1) is 0 Å². The predicted molar refractivity (Wildman–Crippen MR) is 95.9 cm³/mol. The number of rotatable bonds is 4. The van der Waals surface area contributed by atoms with Gasteiger partial charge in [0.2, 0.25) is 11.8 Å². The highest BCUT2D eigenvalue weighted by atomic mass is 16.5. The molecule has 134 valence electrons. The molecule has 2 atom stereocenters. The van der Waals surface area contributed by atoms with Gasteiger partial charge in [0, 0.05) is 0 Å². The third-order valence-corrected chi connectivity index (χ3v) is 5.49. The zero-order valence-electron chi connectivity index (χ0n) is 14.5. The van der Waals surface area contributed by atoms with Crippen molar-refractivity contribution in [2.45, 2.75) is 32.3 Å². The number of imide groups is 1. The summed E-state index contributed by atoms with van der Waals surface area (Å²) in [7, 11) is 0. The minimum absolute atomic E-state index is 0.128. The maximum Gasteiger partial charge on any atom is 0.326 e. The van der Waals surface area contributed by atoms with Gasteiger partial charge in [-0.25, -0.2) is 0 Å².